The van der Waals surface area contributed by atoms with E-state index in [-0.39, 0.29) is 0 Å². The van der Waals surface area contributed by atoms with Gasteiger partial charge in [-0.25, -0.2) is 0 Å². The fourth-order valence-electron chi connectivity index (χ4n) is 1.65. The van der Waals surface area contributed by atoms with Gasteiger partial charge in [-0.2, -0.15) is 0 Å². The highest BCUT2D eigenvalue weighted by molar-refractivity contribution is 14.1. The van der Waals surface area contributed by atoms with E-state index in [1.807, 2.05) is 44.4 Å². The largest absolute Gasteiger partial charge is 0.397 e. The van der Waals surface area contributed by atoms with Gasteiger partial charge in [-0.1, -0.05) is 0 Å². The van der Waals surface area contributed by atoms with Crippen molar-refractivity contribution < 1.29 is 0 Å². The topological polar surface area (TPSA) is 41.3 Å². The molecule has 0 atom stereocenters. The van der Waals surface area contributed by atoms with E-state index in [2.05, 4.69) is 44.9 Å². The Kier molecular flexibility index (Phi) is 3.96. The van der Waals surface area contributed by atoms with E-state index in [0.717, 1.165) is 20.6 Å². The molecule has 0 aromatic heterocycles. The van der Waals surface area contributed by atoms with E-state index in [4.69, 9.17) is 5.73 Å². The number of benzene rings is 2. The quantitative estimate of drug-likeness (QED) is 0.653. The summed E-state index contributed by atoms with van der Waals surface area (Å²) < 4.78 is 1.14. The van der Waals surface area contributed by atoms with Crippen LogP contribution in [-0.2, 0) is 0 Å². The lowest BCUT2D eigenvalue weighted by Crippen LogP contribution is -2.08. The van der Waals surface area contributed by atoms with Crippen LogP contribution in [0.1, 0.15) is 0 Å². The molecule has 0 saturated carbocycles. The number of anilines is 4. The summed E-state index contributed by atoms with van der Waals surface area (Å²) in [4.78, 5) is 2.07. The van der Waals surface area contributed by atoms with Crippen LogP contribution in [0.3, 0.4) is 0 Å². The van der Waals surface area contributed by atoms with Crippen molar-refractivity contribution in [3.63, 3.8) is 0 Å². The average Bonchev–Trinajstić information content (AvgIpc) is 2.33. The number of nitrogens with two attached hydrogens (primary N) is 1. The lowest BCUT2D eigenvalue weighted by atomic mass is 10.2. The summed E-state index contributed by atoms with van der Waals surface area (Å²) in [6.07, 6.45) is 0. The van der Waals surface area contributed by atoms with Gasteiger partial charge in [-0.15, -0.1) is 0 Å². The lowest BCUT2D eigenvalue weighted by Gasteiger charge is -2.14. The molecule has 0 unspecified atom stereocenters. The second-order valence-corrected chi connectivity index (χ2v) is 5.54. The number of nitrogen functional groups attached to an aromatic ring is 1. The normalized spacial score (nSPS) is 10.2. The van der Waals surface area contributed by atoms with Crippen molar-refractivity contribution in [2.24, 2.45) is 0 Å². The van der Waals surface area contributed by atoms with Crippen LogP contribution in [-0.4, -0.2) is 14.1 Å². The van der Waals surface area contributed by atoms with E-state index >= 15 is 0 Å². The zero-order valence-electron chi connectivity index (χ0n) is 10.4. The first-order chi connectivity index (χ1) is 8.56. The predicted molar refractivity (Wildman–Crippen MR) is 87.6 cm³/mol. The smallest absolute Gasteiger partial charge is 0.0618 e. The fourth-order valence-corrected chi connectivity index (χ4v) is 2.16. The second-order valence-electron chi connectivity index (χ2n) is 4.30. The summed E-state index contributed by atoms with van der Waals surface area (Å²) in [5.41, 5.74) is 9.89. The van der Waals surface area contributed by atoms with Crippen LogP contribution in [0.4, 0.5) is 22.7 Å². The predicted octanol–water partition coefficient (Wildman–Crippen LogP) is 3.68. The summed E-state index contributed by atoms with van der Waals surface area (Å²) in [6.45, 7) is 0. The van der Waals surface area contributed by atoms with Crippen molar-refractivity contribution in [3.8, 4) is 0 Å². The van der Waals surface area contributed by atoms with Gasteiger partial charge < -0.3 is 16.0 Å². The molecule has 0 spiro atoms. The molecule has 3 N–H and O–H groups in total. The van der Waals surface area contributed by atoms with Crippen LogP contribution in [0.2, 0.25) is 0 Å². The van der Waals surface area contributed by atoms with Gasteiger partial charge in [-0.3, -0.25) is 0 Å². The number of hydrogen-bond donors (Lipinski definition) is 2. The molecule has 0 saturated heterocycles. The first kappa shape index (κ1) is 13.0. The zero-order chi connectivity index (χ0) is 13.1. The summed E-state index contributed by atoms with van der Waals surface area (Å²) in [5, 5.41) is 3.32. The van der Waals surface area contributed by atoms with Gasteiger partial charge in [0.05, 0.1) is 11.4 Å². The van der Waals surface area contributed by atoms with Crippen molar-refractivity contribution in [2.45, 2.75) is 0 Å². The van der Waals surface area contributed by atoms with Crippen molar-refractivity contribution >= 4 is 45.3 Å². The average molecular weight is 353 g/mol. The minimum Gasteiger partial charge on any atom is -0.397 e. The summed E-state index contributed by atoms with van der Waals surface area (Å²) in [5.74, 6) is 0. The molecule has 94 valence electrons. The third kappa shape index (κ3) is 3.07. The summed E-state index contributed by atoms with van der Waals surface area (Å²) in [7, 11) is 4.05. The maximum Gasteiger partial charge on any atom is 0.0618 e. The molecule has 18 heavy (non-hydrogen) atoms. The Morgan fingerprint density at radius 2 is 1.72 bits per heavy atom. The molecule has 0 aliphatic carbocycles. The highest BCUT2D eigenvalue weighted by Crippen LogP contribution is 2.25. The highest BCUT2D eigenvalue weighted by atomic mass is 127. The van der Waals surface area contributed by atoms with Gasteiger partial charge in [0.25, 0.3) is 0 Å². The monoisotopic (exact) mass is 353 g/mol. The molecule has 0 radical (unpaired) electrons. The van der Waals surface area contributed by atoms with Gasteiger partial charge in [0.2, 0.25) is 0 Å². The van der Waals surface area contributed by atoms with E-state index in [1.165, 1.54) is 5.69 Å². The molecule has 3 nitrogen and oxygen atoms in total. The maximum atomic E-state index is 5.97. The standard InChI is InChI=1S/C14H16IN3/c1-18(2)12-6-4-11(5-7-12)17-14-8-3-10(15)9-13(14)16/h3-9,17H,16H2,1-2H3. The maximum absolute atomic E-state index is 5.97. The number of halogens is 1. The minimum atomic E-state index is 0.763. The number of rotatable bonds is 3. The van der Waals surface area contributed by atoms with Gasteiger partial charge in [0.15, 0.2) is 0 Å². The molecule has 0 amide bonds. The molecule has 2 rings (SSSR count). The van der Waals surface area contributed by atoms with Gasteiger partial charge in [-0.05, 0) is 65.1 Å². The third-order valence-electron chi connectivity index (χ3n) is 2.68. The lowest BCUT2D eigenvalue weighted by molar-refractivity contribution is 1.13. The Labute approximate surface area is 121 Å². The van der Waals surface area contributed by atoms with Crippen molar-refractivity contribution in [1.29, 1.82) is 0 Å². The Balaban J connectivity index is 2.18. The van der Waals surface area contributed by atoms with Crippen molar-refractivity contribution in [3.05, 3.63) is 46.0 Å². The molecule has 0 aliphatic rings. The Morgan fingerprint density at radius 3 is 2.28 bits per heavy atom. The molecular weight excluding hydrogens is 337 g/mol. The van der Waals surface area contributed by atoms with Gasteiger partial charge >= 0.3 is 0 Å². The Hall–Kier alpha value is -1.43. The first-order valence-corrected chi connectivity index (χ1v) is 6.73. The van der Waals surface area contributed by atoms with Crippen molar-refractivity contribution in [2.75, 3.05) is 30.0 Å². The van der Waals surface area contributed by atoms with Crippen LogP contribution >= 0.6 is 22.6 Å². The minimum absolute atomic E-state index is 0.763. The molecule has 0 fully saturated rings. The van der Waals surface area contributed by atoms with E-state index in [9.17, 15) is 0 Å². The molecule has 2 aromatic carbocycles. The summed E-state index contributed by atoms with van der Waals surface area (Å²) in [6, 6.07) is 14.2. The second kappa shape index (κ2) is 5.48. The molecule has 0 aliphatic heterocycles. The zero-order valence-corrected chi connectivity index (χ0v) is 12.6. The Morgan fingerprint density at radius 1 is 1.06 bits per heavy atom. The SMILES string of the molecule is CN(C)c1ccc(Nc2ccc(I)cc2N)cc1. The number of hydrogen-bond acceptors (Lipinski definition) is 3. The molecular formula is C14H16IN3. The molecule has 4 heteroatoms. The molecule has 0 heterocycles. The number of nitrogens with one attached hydrogen (secondary N) is 1. The van der Waals surface area contributed by atoms with Crippen LogP contribution in [0, 0.1) is 3.57 Å². The molecule has 2 aromatic rings. The molecule has 0 bridgehead atoms. The van der Waals surface area contributed by atoms with Crippen LogP contribution in [0.25, 0.3) is 0 Å². The van der Waals surface area contributed by atoms with E-state index in [1.54, 1.807) is 0 Å². The van der Waals surface area contributed by atoms with Crippen LogP contribution in [0.15, 0.2) is 42.5 Å². The van der Waals surface area contributed by atoms with E-state index in [0.29, 0.717) is 0 Å². The van der Waals surface area contributed by atoms with Crippen LogP contribution in [0.5, 0.6) is 0 Å². The number of nitrogens with zero attached hydrogens (tertiary/aromatic N) is 1. The third-order valence-corrected chi connectivity index (χ3v) is 3.35. The Bertz CT molecular complexity index is 535. The highest BCUT2D eigenvalue weighted by Gasteiger charge is 2.01. The fraction of sp³-hybridized carbons (Fsp3) is 0.143. The summed E-state index contributed by atoms with van der Waals surface area (Å²) >= 11 is 2.25. The van der Waals surface area contributed by atoms with Gasteiger partial charge in [0, 0.05) is 29.0 Å². The first-order valence-electron chi connectivity index (χ1n) is 5.66. The van der Waals surface area contributed by atoms with Crippen molar-refractivity contribution in [1.82, 2.24) is 0 Å². The van der Waals surface area contributed by atoms with Crippen LogP contribution < -0.4 is 16.0 Å². The van der Waals surface area contributed by atoms with E-state index < -0.39 is 0 Å². The van der Waals surface area contributed by atoms with Gasteiger partial charge in [0.1, 0.15) is 0 Å².